The van der Waals surface area contributed by atoms with Crippen molar-refractivity contribution in [1.29, 1.82) is 0 Å². The molecule has 0 N–H and O–H groups in total. The Labute approximate surface area is 100 Å². The van der Waals surface area contributed by atoms with E-state index >= 15 is 0 Å². The number of oxime groups is 1. The summed E-state index contributed by atoms with van der Waals surface area (Å²) in [6.07, 6.45) is 8.67. The van der Waals surface area contributed by atoms with E-state index in [1.807, 2.05) is 0 Å². The van der Waals surface area contributed by atoms with Gasteiger partial charge in [-0.15, -0.1) is 0 Å². The maximum absolute atomic E-state index is 5.43. The first-order valence-corrected chi connectivity index (χ1v) is 6.98. The topological polar surface area (TPSA) is 21.6 Å². The van der Waals surface area contributed by atoms with Gasteiger partial charge in [0.1, 0.15) is 6.61 Å². The number of hydrogen-bond donors (Lipinski definition) is 0. The highest BCUT2D eigenvalue weighted by molar-refractivity contribution is 5.87. The highest BCUT2D eigenvalue weighted by atomic mass is 16.6. The number of hydrogen-bond acceptors (Lipinski definition) is 2. The zero-order valence-corrected chi connectivity index (χ0v) is 11.2. The van der Waals surface area contributed by atoms with Gasteiger partial charge in [-0.25, -0.2) is 0 Å². The lowest BCUT2D eigenvalue weighted by Gasteiger charge is -2.28. The lowest BCUT2D eigenvalue weighted by atomic mass is 9.78. The third kappa shape index (κ3) is 4.15. The molecule has 2 atom stereocenters. The standard InChI is InChI=1S/C14H27NO/c1-4-6-11-16-15-14-10-8-7-9-13(14)12(3)5-2/h12-13H,4-11H2,1-3H3. The summed E-state index contributed by atoms with van der Waals surface area (Å²) in [5.41, 5.74) is 1.33. The van der Waals surface area contributed by atoms with Gasteiger partial charge in [-0.2, -0.15) is 0 Å². The molecule has 0 radical (unpaired) electrons. The Bertz CT molecular complexity index is 213. The van der Waals surface area contributed by atoms with Crippen LogP contribution in [0.3, 0.4) is 0 Å². The van der Waals surface area contributed by atoms with Crippen molar-refractivity contribution in [2.45, 2.75) is 65.7 Å². The van der Waals surface area contributed by atoms with Gasteiger partial charge in [0, 0.05) is 5.92 Å². The van der Waals surface area contributed by atoms with Gasteiger partial charge >= 0.3 is 0 Å². The molecule has 0 saturated heterocycles. The molecule has 1 aliphatic carbocycles. The molecule has 2 heteroatoms. The normalized spacial score (nSPS) is 25.7. The minimum atomic E-state index is 0.681. The summed E-state index contributed by atoms with van der Waals surface area (Å²) >= 11 is 0. The Balaban J connectivity index is 2.45. The van der Waals surface area contributed by atoms with Crippen molar-refractivity contribution < 1.29 is 4.84 Å². The van der Waals surface area contributed by atoms with Gasteiger partial charge in [0.2, 0.25) is 0 Å². The number of nitrogens with zero attached hydrogens (tertiary/aromatic N) is 1. The predicted octanol–water partition coefficient (Wildman–Crippen LogP) is 4.40. The third-order valence-electron chi connectivity index (χ3n) is 3.73. The number of rotatable bonds is 6. The van der Waals surface area contributed by atoms with Crippen LogP contribution in [0.4, 0.5) is 0 Å². The summed E-state index contributed by atoms with van der Waals surface area (Å²) < 4.78 is 0. The van der Waals surface area contributed by atoms with E-state index in [-0.39, 0.29) is 0 Å². The van der Waals surface area contributed by atoms with Crippen LogP contribution in [-0.4, -0.2) is 12.3 Å². The molecule has 94 valence electrons. The van der Waals surface area contributed by atoms with E-state index in [1.54, 1.807) is 0 Å². The molecule has 0 heterocycles. The molecule has 2 nitrogen and oxygen atoms in total. The summed E-state index contributed by atoms with van der Waals surface area (Å²) in [6, 6.07) is 0. The van der Waals surface area contributed by atoms with Crippen molar-refractivity contribution >= 4 is 5.71 Å². The Morgan fingerprint density at radius 2 is 2.19 bits per heavy atom. The van der Waals surface area contributed by atoms with Crippen LogP contribution in [0, 0.1) is 11.8 Å². The summed E-state index contributed by atoms with van der Waals surface area (Å²) in [5, 5.41) is 4.39. The Morgan fingerprint density at radius 3 is 2.88 bits per heavy atom. The van der Waals surface area contributed by atoms with Crippen molar-refractivity contribution in [2.24, 2.45) is 17.0 Å². The van der Waals surface area contributed by atoms with Crippen molar-refractivity contribution in [3.8, 4) is 0 Å². The Morgan fingerprint density at radius 1 is 1.38 bits per heavy atom. The maximum Gasteiger partial charge on any atom is 0.117 e. The van der Waals surface area contributed by atoms with Crippen molar-refractivity contribution in [1.82, 2.24) is 0 Å². The minimum Gasteiger partial charge on any atom is -0.396 e. The molecule has 1 aliphatic rings. The van der Waals surface area contributed by atoms with Crippen LogP contribution >= 0.6 is 0 Å². The van der Waals surface area contributed by atoms with Crippen LogP contribution in [0.25, 0.3) is 0 Å². The highest BCUT2D eigenvalue weighted by Crippen LogP contribution is 2.29. The average Bonchev–Trinajstić information content (AvgIpc) is 2.34. The first kappa shape index (κ1) is 13.5. The lowest BCUT2D eigenvalue weighted by molar-refractivity contribution is 0.136. The van der Waals surface area contributed by atoms with Gasteiger partial charge in [0.25, 0.3) is 0 Å². The van der Waals surface area contributed by atoms with Crippen molar-refractivity contribution in [3.05, 3.63) is 0 Å². The third-order valence-corrected chi connectivity index (χ3v) is 3.73. The molecule has 0 aromatic rings. The van der Waals surface area contributed by atoms with Gasteiger partial charge in [0.15, 0.2) is 0 Å². The summed E-state index contributed by atoms with van der Waals surface area (Å²) in [6.45, 7) is 7.58. The van der Waals surface area contributed by atoms with Crippen LogP contribution in [-0.2, 0) is 4.84 Å². The molecular weight excluding hydrogens is 198 g/mol. The molecule has 1 fully saturated rings. The molecule has 0 aromatic carbocycles. The lowest BCUT2D eigenvalue weighted by Crippen LogP contribution is -2.25. The van der Waals surface area contributed by atoms with E-state index in [4.69, 9.17) is 4.84 Å². The van der Waals surface area contributed by atoms with E-state index in [1.165, 1.54) is 37.8 Å². The average molecular weight is 225 g/mol. The zero-order chi connectivity index (χ0) is 11.8. The molecule has 1 saturated carbocycles. The monoisotopic (exact) mass is 225 g/mol. The molecule has 0 aliphatic heterocycles. The Hall–Kier alpha value is -0.530. The highest BCUT2D eigenvalue weighted by Gasteiger charge is 2.25. The fraction of sp³-hybridized carbons (Fsp3) is 0.929. The van der Waals surface area contributed by atoms with Crippen LogP contribution in [0.15, 0.2) is 5.16 Å². The quantitative estimate of drug-likeness (QED) is 0.485. The second kappa shape index (κ2) is 7.70. The molecule has 0 amide bonds. The molecule has 1 rings (SSSR count). The van der Waals surface area contributed by atoms with Gasteiger partial charge in [-0.1, -0.05) is 45.2 Å². The van der Waals surface area contributed by atoms with Gasteiger partial charge in [-0.05, 0) is 31.6 Å². The largest absolute Gasteiger partial charge is 0.396 e. The van der Waals surface area contributed by atoms with E-state index in [0.29, 0.717) is 5.92 Å². The predicted molar refractivity (Wildman–Crippen MR) is 69.7 cm³/mol. The second-order valence-electron chi connectivity index (χ2n) is 5.01. The number of unbranched alkanes of at least 4 members (excludes halogenated alkanes) is 1. The van der Waals surface area contributed by atoms with Crippen LogP contribution in [0.1, 0.15) is 65.7 Å². The molecule has 16 heavy (non-hydrogen) atoms. The summed E-state index contributed by atoms with van der Waals surface area (Å²) in [4.78, 5) is 5.43. The van der Waals surface area contributed by atoms with Gasteiger partial charge in [-0.3, -0.25) is 0 Å². The zero-order valence-electron chi connectivity index (χ0n) is 11.2. The van der Waals surface area contributed by atoms with Crippen LogP contribution < -0.4 is 0 Å². The second-order valence-corrected chi connectivity index (χ2v) is 5.01. The van der Waals surface area contributed by atoms with E-state index in [0.717, 1.165) is 25.4 Å². The van der Waals surface area contributed by atoms with Crippen molar-refractivity contribution in [3.63, 3.8) is 0 Å². The summed E-state index contributed by atoms with van der Waals surface area (Å²) in [5.74, 6) is 1.44. The molecule has 2 unspecified atom stereocenters. The Kier molecular flexibility index (Phi) is 6.51. The van der Waals surface area contributed by atoms with Gasteiger partial charge < -0.3 is 4.84 Å². The first-order valence-electron chi connectivity index (χ1n) is 6.98. The first-order chi connectivity index (χ1) is 7.79. The van der Waals surface area contributed by atoms with E-state index < -0.39 is 0 Å². The van der Waals surface area contributed by atoms with Crippen LogP contribution in [0.2, 0.25) is 0 Å². The minimum absolute atomic E-state index is 0.681. The smallest absolute Gasteiger partial charge is 0.117 e. The fourth-order valence-corrected chi connectivity index (χ4v) is 2.37. The SMILES string of the molecule is CCCCON=C1CCCCC1C(C)CC. The van der Waals surface area contributed by atoms with Gasteiger partial charge in [0.05, 0.1) is 5.71 Å². The van der Waals surface area contributed by atoms with Crippen molar-refractivity contribution in [2.75, 3.05) is 6.61 Å². The molecule has 0 bridgehead atoms. The fourth-order valence-electron chi connectivity index (χ4n) is 2.37. The maximum atomic E-state index is 5.43. The van der Waals surface area contributed by atoms with E-state index in [9.17, 15) is 0 Å². The molecular formula is C14H27NO. The molecule has 0 spiro atoms. The summed E-state index contributed by atoms with van der Waals surface area (Å²) in [7, 11) is 0. The molecule has 0 aromatic heterocycles. The van der Waals surface area contributed by atoms with Crippen LogP contribution in [0.5, 0.6) is 0 Å². The van der Waals surface area contributed by atoms with E-state index in [2.05, 4.69) is 25.9 Å².